The van der Waals surface area contributed by atoms with Gasteiger partial charge in [0.1, 0.15) is 0 Å². The van der Waals surface area contributed by atoms with Crippen LogP contribution in [0.5, 0.6) is 0 Å². The summed E-state index contributed by atoms with van der Waals surface area (Å²) in [5.74, 6) is 0. The molecular weight excluding hydrogens is 318 g/mol. The number of rotatable bonds is 2. The van der Waals surface area contributed by atoms with E-state index in [1.165, 1.54) is 27.1 Å². The van der Waals surface area contributed by atoms with Crippen LogP contribution in [0.15, 0.2) is 77.8 Å². The number of para-hydroxylation sites is 1. The molecule has 0 fully saturated rings. The second-order valence-corrected chi connectivity index (χ2v) is 6.82. The highest BCUT2D eigenvalue weighted by Crippen LogP contribution is 2.39. The third kappa shape index (κ3) is 2.49. The first-order chi connectivity index (χ1) is 12.8. The molecule has 4 aromatic rings. The normalized spacial score (nSPS) is 13.2. The number of nitrogens with one attached hydrogen (secondary N) is 1. The van der Waals surface area contributed by atoms with E-state index in [4.69, 9.17) is 0 Å². The first-order valence-electron chi connectivity index (χ1n) is 8.83. The minimum atomic E-state index is 0.874. The molecule has 0 aliphatic carbocycles. The fraction of sp³-hybridized carbons (Fsp3) is 0.0870. The average molecular weight is 337 g/mol. The molecule has 0 bridgehead atoms. The van der Waals surface area contributed by atoms with Crippen LogP contribution in [0.25, 0.3) is 21.5 Å². The molecule has 4 aromatic carbocycles. The number of nitrogens with zero attached hydrogens (tertiary/aromatic N) is 2. The molecule has 5 rings (SSSR count). The van der Waals surface area contributed by atoms with Gasteiger partial charge in [0.25, 0.3) is 0 Å². The first kappa shape index (κ1) is 15.0. The molecule has 1 heterocycles. The Hall–Kier alpha value is -3.33. The summed E-state index contributed by atoms with van der Waals surface area (Å²) in [6, 6.07) is 25.6. The zero-order chi connectivity index (χ0) is 17.5. The number of fused-ring (bicyclic) bond motifs is 4. The van der Waals surface area contributed by atoms with Crippen molar-refractivity contribution in [3.05, 3.63) is 78.4 Å². The Morgan fingerprint density at radius 2 is 1.54 bits per heavy atom. The standard InChI is InChI=1S/C23H19N3/c1-26-14-21-19-11-16-7-5-6-8-17(16)12-20(19)23(13-22(21)24-15-26)25-18-9-3-2-4-10-18/h2-13,15,25H,14H2,1H3. The summed E-state index contributed by atoms with van der Waals surface area (Å²) in [5, 5.41) is 8.60. The average Bonchev–Trinajstić information content (AvgIpc) is 2.68. The highest BCUT2D eigenvalue weighted by atomic mass is 15.1. The Morgan fingerprint density at radius 3 is 2.31 bits per heavy atom. The van der Waals surface area contributed by atoms with Crippen molar-refractivity contribution in [2.75, 3.05) is 12.4 Å². The Bertz CT molecular complexity index is 1150. The van der Waals surface area contributed by atoms with Crippen LogP contribution in [-0.4, -0.2) is 18.3 Å². The van der Waals surface area contributed by atoms with Gasteiger partial charge < -0.3 is 10.2 Å². The zero-order valence-electron chi connectivity index (χ0n) is 14.6. The van der Waals surface area contributed by atoms with Crippen LogP contribution in [-0.2, 0) is 6.54 Å². The number of hydrogen-bond donors (Lipinski definition) is 1. The van der Waals surface area contributed by atoms with Gasteiger partial charge in [-0.3, -0.25) is 0 Å². The molecule has 0 spiro atoms. The molecule has 0 aromatic heterocycles. The van der Waals surface area contributed by atoms with Crippen molar-refractivity contribution < 1.29 is 0 Å². The third-order valence-corrected chi connectivity index (χ3v) is 4.95. The molecular formula is C23H19N3. The van der Waals surface area contributed by atoms with Crippen molar-refractivity contribution in [3.8, 4) is 0 Å². The molecule has 126 valence electrons. The fourth-order valence-corrected chi connectivity index (χ4v) is 3.67. The van der Waals surface area contributed by atoms with Crippen molar-refractivity contribution >= 4 is 44.9 Å². The molecule has 0 radical (unpaired) electrons. The van der Waals surface area contributed by atoms with Crippen molar-refractivity contribution in [2.24, 2.45) is 4.99 Å². The lowest BCUT2D eigenvalue weighted by molar-refractivity contribution is 0.511. The van der Waals surface area contributed by atoms with Gasteiger partial charge >= 0.3 is 0 Å². The van der Waals surface area contributed by atoms with Crippen molar-refractivity contribution in [3.63, 3.8) is 0 Å². The summed E-state index contributed by atoms with van der Waals surface area (Å²) >= 11 is 0. The van der Waals surface area contributed by atoms with E-state index in [1.807, 2.05) is 24.5 Å². The van der Waals surface area contributed by atoms with Gasteiger partial charge in [0, 0.05) is 35.9 Å². The fourth-order valence-electron chi connectivity index (χ4n) is 3.67. The predicted molar refractivity (Wildman–Crippen MR) is 111 cm³/mol. The molecule has 0 amide bonds. The van der Waals surface area contributed by atoms with Crippen LogP contribution < -0.4 is 5.32 Å². The monoisotopic (exact) mass is 337 g/mol. The topological polar surface area (TPSA) is 27.6 Å². The maximum atomic E-state index is 4.67. The maximum Gasteiger partial charge on any atom is 0.0912 e. The zero-order valence-corrected chi connectivity index (χ0v) is 14.6. The van der Waals surface area contributed by atoms with E-state index in [0.29, 0.717) is 0 Å². The SMILES string of the molecule is CN1C=Nc2cc(Nc3ccccc3)c3cc4ccccc4cc3c2C1. The Kier molecular flexibility index (Phi) is 3.39. The number of benzene rings is 4. The summed E-state index contributed by atoms with van der Waals surface area (Å²) in [5.41, 5.74) is 4.51. The molecule has 0 unspecified atom stereocenters. The third-order valence-electron chi connectivity index (χ3n) is 4.95. The van der Waals surface area contributed by atoms with E-state index in [1.54, 1.807) is 0 Å². The second kappa shape index (κ2) is 5.88. The first-order valence-corrected chi connectivity index (χ1v) is 8.83. The lowest BCUT2D eigenvalue weighted by atomic mass is 9.96. The second-order valence-electron chi connectivity index (χ2n) is 6.82. The summed E-state index contributed by atoms with van der Waals surface area (Å²) in [6.07, 6.45) is 1.90. The number of aliphatic imine (C=N–C) groups is 1. The van der Waals surface area contributed by atoms with Crippen molar-refractivity contribution in [1.82, 2.24) is 4.90 Å². The largest absolute Gasteiger partial charge is 0.361 e. The van der Waals surface area contributed by atoms with Crippen LogP contribution in [0.2, 0.25) is 0 Å². The van der Waals surface area contributed by atoms with E-state index >= 15 is 0 Å². The summed E-state index contributed by atoms with van der Waals surface area (Å²) in [7, 11) is 2.06. The molecule has 0 saturated heterocycles. The summed E-state index contributed by atoms with van der Waals surface area (Å²) in [4.78, 5) is 6.79. The highest BCUT2D eigenvalue weighted by molar-refractivity contribution is 6.08. The van der Waals surface area contributed by atoms with E-state index in [0.717, 1.165) is 23.6 Å². The molecule has 1 aliphatic heterocycles. The van der Waals surface area contributed by atoms with Gasteiger partial charge in [0.2, 0.25) is 0 Å². The predicted octanol–water partition coefficient (Wildman–Crippen LogP) is 5.84. The lowest BCUT2D eigenvalue weighted by Gasteiger charge is -2.23. The minimum absolute atomic E-state index is 0.874. The number of hydrogen-bond acceptors (Lipinski definition) is 3. The van der Waals surface area contributed by atoms with Crippen molar-refractivity contribution in [1.29, 1.82) is 0 Å². The van der Waals surface area contributed by atoms with Gasteiger partial charge in [-0.1, -0.05) is 42.5 Å². The minimum Gasteiger partial charge on any atom is -0.361 e. The van der Waals surface area contributed by atoms with Crippen molar-refractivity contribution in [2.45, 2.75) is 6.54 Å². The van der Waals surface area contributed by atoms with E-state index in [-0.39, 0.29) is 0 Å². The van der Waals surface area contributed by atoms with Gasteiger partial charge in [-0.05, 0) is 46.5 Å². The van der Waals surface area contributed by atoms with Gasteiger partial charge in [0.05, 0.1) is 12.0 Å². The maximum absolute atomic E-state index is 4.67. The summed E-state index contributed by atoms with van der Waals surface area (Å²) < 4.78 is 0. The van der Waals surface area contributed by atoms with Crippen LogP contribution >= 0.6 is 0 Å². The summed E-state index contributed by atoms with van der Waals surface area (Å²) in [6.45, 7) is 0.874. The van der Waals surface area contributed by atoms with Crippen LogP contribution in [0.4, 0.5) is 17.1 Å². The van der Waals surface area contributed by atoms with Gasteiger partial charge in [-0.25, -0.2) is 4.99 Å². The molecule has 3 heteroatoms. The number of anilines is 2. The molecule has 26 heavy (non-hydrogen) atoms. The lowest BCUT2D eigenvalue weighted by Crippen LogP contribution is -2.18. The van der Waals surface area contributed by atoms with E-state index in [2.05, 4.69) is 76.9 Å². The molecule has 1 aliphatic rings. The smallest absolute Gasteiger partial charge is 0.0912 e. The molecule has 0 saturated carbocycles. The molecule has 1 N–H and O–H groups in total. The van der Waals surface area contributed by atoms with Gasteiger partial charge in [-0.15, -0.1) is 0 Å². The quantitative estimate of drug-likeness (QED) is 0.465. The van der Waals surface area contributed by atoms with Gasteiger partial charge in [0.15, 0.2) is 0 Å². The van der Waals surface area contributed by atoms with E-state index < -0.39 is 0 Å². The van der Waals surface area contributed by atoms with E-state index in [9.17, 15) is 0 Å². The van der Waals surface area contributed by atoms with Crippen LogP contribution in [0.3, 0.4) is 0 Å². The Morgan fingerprint density at radius 1 is 0.846 bits per heavy atom. The van der Waals surface area contributed by atoms with Gasteiger partial charge in [-0.2, -0.15) is 0 Å². The van der Waals surface area contributed by atoms with Crippen LogP contribution in [0, 0.1) is 0 Å². The van der Waals surface area contributed by atoms with Crippen LogP contribution in [0.1, 0.15) is 5.56 Å². The highest BCUT2D eigenvalue weighted by Gasteiger charge is 2.16. The molecule has 0 atom stereocenters. The Balaban J connectivity index is 1.80. The molecule has 3 nitrogen and oxygen atoms in total. The Labute approximate surface area is 152 Å².